The fraction of sp³-hybridized carbons (Fsp3) is 0.400. The number of hydrogen-bond acceptors (Lipinski definition) is 2. The molecule has 2 rings (SSSR count). The Morgan fingerprint density at radius 3 is 2.88 bits per heavy atom. The van der Waals surface area contributed by atoms with Crippen molar-refractivity contribution < 1.29 is 5.11 Å². The molecular weight excluding hydrogens is 210 g/mol. The first-order valence-corrected chi connectivity index (χ1v) is 6.23. The monoisotopic (exact) mass is 229 g/mol. The molecule has 0 fully saturated rings. The van der Waals surface area contributed by atoms with Crippen LogP contribution < -0.4 is 0 Å². The van der Waals surface area contributed by atoms with Gasteiger partial charge < -0.3 is 5.11 Å². The summed E-state index contributed by atoms with van der Waals surface area (Å²) in [5, 5.41) is 12.5. The van der Waals surface area contributed by atoms with E-state index in [1.807, 2.05) is 30.5 Å². The molecule has 1 heterocycles. The quantitative estimate of drug-likeness (QED) is 0.867. The van der Waals surface area contributed by atoms with Gasteiger partial charge in [0.2, 0.25) is 0 Å². The number of nitrogens with zero attached hydrogens (tertiary/aromatic N) is 1. The molecule has 0 bridgehead atoms. The molecule has 0 radical (unpaired) electrons. The molecular formula is C15H19NO. The normalized spacial score (nSPS) is 14.8. The maximum Gasteiger partial charge on any atom is 0.0798 e. The van der Waals surface area contributed by atoms with Crippen LogP contribution in [0, 0.1) is 5.92 Å². The Kier molecular flexibility index (Phi) is 3.75. The molecule has 17 heavy (non-hydrogen) atoms. The predicted molar refractivity (Wildman–Crippen MR) is 70.8 cm³/mol. The number of aliphatic hydroxyl groups excluding tert-OH is 1. The highest BCUT2D eigenvalue weighted by Gasteiger charge is 2.13. The number of rotatable bonds is 4. The highest BCUT2D eigenvalue weighted by atomic mass is 16.3. The summed E-state index contributed by atoms with van der Waals surface area (Å²) >= 11 is 0. The third-order valence-corrected chi connectivity index (χ3v) is 3.40. The highest BCUT2D eigenvalue weighted by molar-refractivity contribution is 5.85. The van der Waals surface area contributed by atoms with Crippen molar-refractivity contribution >= 4 is 10.8 Å². The Morgan fingerprint density at radius 2 is 2.12 bits per heavy atom. The second-order valence-corrected chi connectivity index (χ2v) is 4.71. The molecule has 0 aliphatic rings. The summed E-state index contributed by atoms with van der Waals surface area (Å²) in [4.78, 5) is 4.11. The van der Waals surface area contributed by atoms with E-state index in [9.17, 15) is 5.11 Å². The van der Waals surface area contributed by atoms with Gasteiger partial charge in [-0.25, -0.2) is 0 Å². The summed E-state index contributed by atoms with van der Waals surface area (Å²) in [6, 6.07) is 8.00. The fourth-order valence-electron chi connectivity index (χ4n) is 2.11. The van der Waals surface area contributed by atoms with E-state index < -0.39 is 0 Å². The smallest absolute Gasteiger partial charge is 0.0798 e. The molecule has 2 aromatic rings. The molecule has 1 aromatic heterocycles. The van der Waals surface area contributed by atoms with Crippen LogP contribution in [0.1, 0.15) is 38.4 Å². The predicted octanol–water partition coefficient (Wildman–Crippen LogP) is 3.70. The first-order chi connectivity index (χ1) is 8.22. The van der Waals surface area contributed by atoms with Crippen LogP contribution in [0.2, 0.25) is 0 Å². The standard InChI is InChI=1S/C15H19NO/c1-3-11(2)9-15(17)14-6-4-5-12-10-16-8-7-13(12)14/h4-8,10-11,15,17H,3,9H2,1-2H3. The van der Waals surface area contributed by atoms with E-state index in [4.69, 9.17) is 0 Å². The lowest BCUT2D eigenvalue weighted by molar-refractivity contribution is 0.148. The summed E-state index contributed by atoms with van der Waals surface area (Å²) in [6.07, 6.45) is 5.16. The number of aliphatic hydroxyl groups is 1. The van der Waals surface area contributed by atoms with Crippen molar-refractivity contribution in [3.8, 4) is 0 Å². The van der Waals surface area contributed by atoms with Crippen molar-refractivity contribution in [2.75, 3.05) is 0 Å². The van der Waals surface area contributed by atoms with Crippen LogP contribution in [0.25, 0.3) is 10.8 Å². The zero-order valence-electron chi connectivity index (χ0n) is 10.4. The Bertz CT molecular complexity index is 490. The minimum absolute atomic E-state index is 0.379. The molecule has 2 heteroatoms. The van der Waals surface area contributed by atoms with Crippen LogP contribution in [0.15, 0.2) is 36.7 Å². The van der Waals surface area contributed by atoms with Gasteiger partial charge >= 0.3 is 0 Å². The molecule has 0 saturated carbocycles. The van der Waals surface area contributed by atoms with Crippen molar-refractivity contribution in [2.45, 2.75) is 32.8 Å². The summed E-state index contributed by atoms with van der Waals surface area (Å²) in [6.45, 7) is 4.33. The first-order valence-electron chi connectivity index (χ1n) is 6.23. The molecule has 1 aromatic carbocycles. The summed E-state index contributed by atoms with van der Waals surface area (Å²) in [7, 11) is 0. The second-order valence-electron chi connectivity index (χ2n) is 4.71. The molecule has 0 amide bonds. The molecule has 2 unspecified atom stereocenters. The van der Waals surface area contributed by atoms with Crippen LogP contribution in [0.5, 0.6) is 0 Å². The third-order valence-electron chi connectivity index (χ3n) is 3.40. The Hall–Kier alpha value is -1.41. The molecule has 0 saturated heterocycles. The molecule has 90 valence electrons. The Balaban J connectivity index is 2.34. The highest BCUT2D eigenvalue weighted by Crippen LogP contribution is 2.28. The average molecular weight is 229 g/mol. The molecule has 2 atom stereocenters. The van der Waals surface area contributed by atoms with E-state index in [-0.39, 0.29) is 6.10 Å². The van der Waals surface area contributed by atoms with Gasteiger partial charge in [0.05, 0.1) is 6.10 Å². The van der Waals surface area contributed by atoms with Crippen molar-refractivity contribution in [1.82, 2.24) is 4.98 Å². The number of aromatic nitrogens is 1. The van der Waals surface area contributed by atoms with Crippen molar-refractivity contribution in [3.63, 3.8) is 0 Å². The van der Waals surface area contributed by atoms with Crippen molar-refractivity contribution in [1.29, 1.82) is 0 Å². The van der Waals surface area contributed by atoms with E-state index in [1.54, 1.807) is 6.20 Å². The van der Waals surface area contributed by atoms with Gasteiger partial charge in [0, 0.05) is 17.8 Å². The molecule has 0 aliphatic carbocycles. The third kappa shape index (κ3) is 2.64. The fourth-order valence-corrected chi connectivity index (χ4v) is 2.11. The van der Waals surface area contributed by atoms with Crippen LogP contribution in [0.3, 0.4) is 0 Å². The maximum atomic E-state index is 10.3. The SMILES string of the molecule is CCC(C)CC(O)c1cccc2cnccc12. The van der Waals surface area contributed by atoms with Gasteiger partial charge in [0.1, 0.15) is 0 Å². The van der Waals surface area contributed by atoms with Gasteiger partial charge in [-0.1, -0.05) is 38.5 Å². The van der Waals surface area contributed by atoms with Gasteiger partial charge in [0.25, 0.3) is 0 Å². The van der Waals surface area contributed by atoms with Crippen LogP contribution in [-0.4, -0.2) is 10.1 Å². The topological polar surface area (TPSA) is 33.1 Å². The first kappa shape index (κ1) is 12.1. The van der Waals surface area contributed by atoms with E-state index >= 15 is 0 Å². The van der Waals surface area contributed by atoms with Gasteiger partial charge in [-0.3, -0.25) is 4.98 Å². The van der Waals surface area contributed by atoms with Gasteiger partial charge in [-0.2, -0.15) is 0 Å². The zero-order chi connectivity index (χ0) is 12.3. The summed E-state index contributed by atoms with van der Waals surface area (Å²) in [5.74, 6) is 0.544. The van der Waals surface area contributed by atoms with E-state index in [1.165, 1.54) is 0 Å². The summed E-state index contributed by atoms with van der Waals surface area (Å²) in [5.41, 5.74) is 1.02. The summed E-state index contributed by atoms with van der Waals surface area (Å²) < 4.78 is 0. The van der Waals surface area contributed by atoms with Crippen LogP contribution >= 0.6 is 0 Å². The van der Waals surface area contributed by atoms with Crippen LogP contribution in [0.4, 0.5) is 0 Å². The maximum absolute atomic E-state index is 10.3. The Labute approximate surface area is 102 Å². The minimum atomic E-state index is -0.379. The number of benzene rings is 1. The molecule has 0 aliphatic heterocycles. The number of hydrogen-bond donors (Lipinski definition) is 1. The number of fused-ring (bicyclic) bond motifs is 1. The van der Waals surface area contributed by atoms with E-state index in [0.29, 0.717) is 5.92 Å². The van der Waals surface area contributed by atoms with E-state index in [0.717, 1.165) is 29.2 Å². The van der Waals surface area contributed by atoms with Gasteiger partial charge in [-0.15, -0.1) is 0 Å². The lowest BCUT2D eigenvalue weighted by atomic mass is 9.94. The van der Waals surface area contributed by atoms with E-state index in [2.05, 4.69) is 18.8 Å². The lowest BCUT2D eigenvalue weighted by Crippen LogP contribution is -2.04. The largest absolute Gasteiger partial charge is 0.388 e. The van der Waals surface area contributed by atoms with Crippen molar-refractivity contribution in [2.24, 2.45) is 5.92 Å². The lowest BCUT2D eigenvalue weighted by Gasteiger charge is -2.17. The number of pyridine rings is 1. The Morgan fingerprint density at radius 1 is 1.29 bits per heavy atom. The zero-order valence-corrected chi connectivity index (χ0v) is 10.4. The second kappa shape index (κ2) is 5.28. The molecule has 2 nitrogen and oxygen atoms in total. The molecule has 1 N–H and O–H groups in total. The molecule has 0 spiro atoms. The average Bonchev–Trinajstić information content (AvgIpc) is 2.37. The van der Waals surface area contributed by atoms with Gasteiger partial charge in [-0.05, 0) is 29.4 Å². The minimum Gasteiger partial charge on any atom is -0.388 e. The van der Waals surface area contributed by atoms with Gasteiger partial charge in [0.15, 0.2) is 0 Å². The van der Waals surface area contributed by atoms with Crippen molar-refractivity contribution in [3.05, 3.63) is 42.2 Å². The van der Waals surface area contributed by atoms with Crippen LogP contribution in [-0.2, 0) is 0 Å².